The minimum atomic E-state index is 0.199. The summed E-state index contributed by atoms with van der Waals surface area (Å²) >= 11 is 0. The van der Waals surface area contributed by atoms with Crippen LogP contribution in [0.1, 0.15) is 43.2 Å². The molecule has 0 unspecified atom stereocenters. The maximum atomic E-state index is 6.11. The number of guanidine groups is 1. The molecule has 2 aliphatic carbocycles. The molecule has 1 saturated carbocycles. The molecule has 0 spiro atoms. The van der Waals surface area contributed by atoms with E-state index in [1.807, 2.05) is 0 Å². The number of fused-ring (bicyclic) bond motifs is 1. The number of benzene rings is 1. The van der Waals surface area contributed by atoms with Crippen LogP contribution in [0, 0.1) is 0 Å². The molecule has 0 heterocycles. The highest BCUT2D eigenvalue weighted by Crippen LogP contribution is 2.34. The van der Waals surface area contributed by atoms with Crippen LogP contribution in [-0.2, 0) is 12.8 Å². The number of nitrogens with one attached hydrogen (secondary N) is 1. The summed E-state index contributed by atoms with van der Waals surface area (Å²) in [6, 6.07) is 6.56. The molecule has 2 aliphatic rings. The van der Waals surface area contributed by atoms with Gasteiger partial charge in [0.25, 0.3) is 0 Å². The van der Waals surface area contributed by atoms with Gasteiger partial charge in [0.05, 0.1) is 6.54 Å². The Morgan fingerprint density at radius 1 is 1.18 bits per heavy atom. The zero-order chi connectivity index (χ0) is 15.6. The molecule has 1 aromatic rings. The Hall–Kier alpha value is -1.55. The lowest BCUT2D eigenvalue weighted by molar-refractivity contribution is 0.167. The molecule has 120 valence electrons. The average Bonchev–Trinajstić information content (AvgIpc) is 3.14. The summed E-state index contributed by atoms with van der Waals surface area (Å²) < 4.78 is 0. The van der Waals surface area contributed by atoms with Crippen LogP contribution < -0.4 is 11.1 Å². The summed E-state index contributed by atoms with van der Waals surface area (Å²) in [6.07, 6.45) is 8.70. The maximum absolute atomic E-state index is 6.11. The first-order chi connectivity index (χ1) is 10.6. The summed E-state index contributed by atoms with van der Waals surface area (Å²) in [5.41, 5.74) is 10.3. The summed E-state index contributed by atoms with van der Waals surface area (Å²) in [6.45, 7) is 0.782. The van der Waals surface area contributed by atoms with E-state index < -0.39 is 0 Å². The van der Waals surface area contributed by atoms with E-state index in [2.05, 4.69) is 47.5 Å². The monoisotopic (exact) mass is 300 g/mol. The number of hydrogen-bond acceptors (Lipinski definition) is 2. The highest BCUT2D eigenvalue weighted by atomic mass is 15.2. The van der Waals surface area contributed by atoms with Gasteiger partial charge in [-0.15, -0.1) is 0 Å². The van der Waals surface area contributed by atoms with Crippen molar-refractivity contribution in [2.24, 2.45) is 10.7 Å². The standard InChI is InChI=1S/C18H28N4/c1-22(2)18(10-3-4-11-18)13-20-17(19)21-16-9-8-14-6-5-7-15(14)12-16/h8-9,12H,3-7,10-11,13H2,1-2H3,(H3,19,20,21). The third-order valence-electron chi connectivity index (χ3n) is 5.40. The first kappa shape index (κ1) is 15.3. The van der Waals surface area contributed by atoms with Gasteiger partial charge in [-0.25, -0.2) is 0 Å². The third-order valence-corrected chi connectivity index (χ3v) is 5.40. The Labute approximate surface area is 133 Å². The molecule has 0 amide bonds. The van der Waals surface area contributed by atoms with Crippen molar-refractivity contribution >= 4 is 11.6 Å². The third kappa shape index (κ3) is 3.12. The topological polar surface area (TPSA) is 53.6 Å². The minimum absolute atomic E-state index is 0.199. The van der Waals surface area contributed by atoms with E-state index >= 15 is 0 Å². The lowest BCUT2D eigenvalue weighted by Crippen LogP contribution is -2.45. The molecule has 0 atom stereocenters. The molecule has 0 radical (unpaired) electrons. The van der Waals surface area contributed by atoms with Gasteiger partial charge in [-0.05, 0) is 69.5 Å². The Bertz CT molecular complexity index is 556. The van der Waals surface area contributed by atoms with E-state index in [0.717, 1.165) is 12.2 Å². The first-order valence-electron chi connectivity index (χ1n) is 8.45. The van der Waals surface area contributed by atoms with Crippen LogP contribution in [0.15, 0.2) is 23.2 Å². The van der Waals surface area contributed by atoms with Crippen LogP contribution in [0.5, 0.6) is 0 Å². The van der Waals surface area contributed by atoms with Gasteiger partial charge in [-0.2, -0.15) is 0 Å². The van der Waals surface area contributed by atoms with Crippen LogP contribution in [-0.4, -0.2) is 37.0 Å². The molecule has 3 N–H and O–H groups in total. The first-order valence-corrected chi connectivity index (χ1v) is 8.45. The van der Waals surface area contributed by atoms with Gasteiger partial charge in [-0.3, -0.25) is 4.99 Å². The van der Waals surface area contributed by atoms with Crippen LogP contribution in [0.25, 0.3) is 0 Å². The average molecular weight is 300 g/mol. The van der Waals surface area contributed by atoms with Crippen molar-refractivity contribution in [2.75, 3.05) is 26.0 Å². The SMILES string of the molecule is CN(C)C1(CN=C(N)Nc2ccc3c(c2)CCC3)CCCC1. The number of rotatable bonds is 4. The fourth-order valence-corrected chi connectivity index (χ4v) is 3.85. The fourth-order valence-electron chi connectivity index (χ4n) is 3.85. The van der Waals surface area contributed by atoms with Crippen LogP contribution >= 0.6 is 0 Å². The predicted molar refractivity (Wildman–Crippen MR) is 93.5 cm³/mol. The van der Waals surface area contributed by atoms with Gasteiger partial charge >= 0.3 is 0 Å². The number of anilines is 1. The van der Waals surface area contributed by atoms with E-state index in [1.165, 1.54) is 56.1 Å². The second kappa shape index (κ2) is 6.29. The lowest BCUT2D eigenvalue weighted by atomic mass is 9.96. The fraction of sp³-hybridized carbons (Fsp3) is 0.611. The van der Waals surface area contributed by atoms with Crippen LogP contribution in [0.2, 0.25) is 0 Å². The van der Waals surface area contributed by atoms with E-state index in [4.69, 9.17) is 5.73 Å². The molecule has 0 aromatic heterocycles. The predicted octanol–water partition coefficient (Wildman–Crippen LogP) is 2.78. The number of likely N-dealkylation sites (N-methyl/N-ethyl adjacent to an activating group) is 1. The molecule has 0 aliphatic heterocycles. The Balaban J connectivity index is 1.65. The number of hydrogen-bond donors (Lipinski definition) is 2. The molecule has 4 heteroatoms. The second-order valence-electron chi connectivity index (χ2n) is 6.99. The van der Waals surface area contributed by atoms with Gasteiger partial charge in [0.1, 0.15) is 0 Å². The van der Waals surface area contributed by atoms with Crippen molar-refractivity contribution in [3.63, 3.8) is 0 Å². The molecule has 4 nitrogen and oxygen atoms in total. The van der Waals surface area contributed by atoms with E-state index in [1.54, 1.807) is 0 Å². The Morgan fingerprint density at radius 3 is 2.64 bits per heavy atom. The number of nitrogens with two attached hydrogens (primary N) is 1. The summed E-state index contributed by atoms with van der Waals surface area (Å²) in [7, 11) is 4.32. The number of aliphatic imine (C=N–C) groups is 1. The van der Waals surface area contributed by atoms with Gasteiger partial charge < -0.3 is 16.0 Å². The van der Waals surface area contributed by atoms with Gasteiger partial charge in [0, 0.05) is 11.2 Å². The molecular formula is C18H28N4. The van der Waals surface area contributed by atoms with Crippen molar-refractivity contribution < 1.29 is 0 Å². The molecule has 22 heavy (non-hydrogen) atoms. The Kier molecular flexibility index (Phi) is 4.39. The number of aryl methyl sites for hydroxylation is 2. The highest BCUT2D eigenvalue weighted by molar-refractivity contribution is 5.92. The van der Waals surface area contributed by atoms with Crippen molar-refractivity contribution in [3.8, 4) is 0 Å². The number of nitrogens with zero attached hydrogens (tertiary/aromatic N) is 2. The zero-order valence-electron chi connectivity index (χ0n) is 13.9. The smallest absolute Gasteiger partial charge is 0.193 e. The van der Waals surface area contributed by atoms with Crippen molar-refractivity contribution in [1.29, 1.82) is 0 Å². The van der Waals surface area contributed by atoms with Crippen molar-refractivity contribution in [3.05, 3.63) is 29.3 Å². The summed E-state index contributed by atoms with van der Waals surface area (Å²) in [5, 5.41) is 3.26. The van der Waals surface area contributed by atoms with Gasteiger partial charge in [-0.1, -0.05) is 18.9 Å². The van der Waals surface area contributed by atoms with Crippen molar-refractivity contribution in [1.82, 2.24) is 4.90 Å². The highest BCUT2D eigenvalue weighted by Gasteiger charge is 2.35. The molecule has 0 saturated heterocycles. The summed E-state index contributed by atoms with van der Waals surface area (Å²) in [5.74, 6) is 0.533. The molecule has 0 bridgehead atoms. The van der Waals surface area contributed by atoms with Gasteiger partial charge in [0.15, 0.2) is 5.96 Å². The van der Waals surface area contributed by atoms with E-state index in [9.17, 15) is 0 Å². The molecule has 3 rings (SSSR count). The zero-order valence-corrected chi connectivity index (χ0v) is 13.9. The Morgan fingerprint density at radius 2 is 1.91 bits per heavy atom. The van der Waals surface area contributed by atoms with E-state index in [0.29, 0.717) is 5.96 Å². The molecule has 1 aromatic carbocycles. The second-order valence-corrected chi connectivity index (χ2v) is 6.99. The lowest BCUT2D eigenvalue weighted by Gasteiger charge is -2.34. The summed E-state index contributed by atoms with van der Waals surface area (Å²) in [4.78, 5) is 6.96. The largest absolute Gasteiger partial charge is 0.370 e. The minimum Gasteiger partial charge on any atom is -0.370 e. The van der Waals surface area contributed by atoms with Crippen LogP contribution in [0.3, 0.4) is 0 Å². The maximum Gasteiger partial charge on any atom is 0.193 e. The van der Waals surface area contributed by atoms with Gasteiger partial charge in [0.2, 0.25) is 0 Å². The molecular weight excluding hydrogens is 272 g/mol. The normalized spacial score (nSPS) is 20.4. The molecule has 1 fully saturated rings. The quantitative estimate of drug-likeness (QED) is 0.664. The van der Waals surface area contributed by atoms with Crippen molar-refractivity contribution in [2.45, 2.75) is 50.5 Å². The van der Waals surface area contributed by atoms with Crippen LogP contribution in [0.4, 0.5) is 5.69 Å². The van der Waals surface area contributed by atoms with E-state index in [-0.39, 0.29) is 5.54 Å².